The maximum atomic E-state index is 8.56. The van der Waals surface area contributed by atoms with E-state index in [2.05, 4.69) is 4.98 Å². The van der Waals surface area contributed by atoms with Crippen LogP contribution < -0.4 is 0 Å². The molecule has 2 heteroatoms. The molecule has 0 N–H and O–H groups in total. The van der Waals surface area contributed by atoms with Gasteiger partial charge in [-0.3, -0.25) is 0 Å². The molecule has 0 saturated heterocycles. The zero-order chi connectivity index (χ0) is 9.68. The summed E-state index contributed by atoms with van der Waals surface area (Å²) < 4.78 is 0. The van der Waals surface area contributed by atoms with Crippen LogP contribution in [0.15, 0.2) is 12.3 Å². The predicted molar refractivity (Wildman–Crippen MR) is 52.3 cm³/mol. The minimum Gasteiger partial charge on any atom is -0.245 e. The fourth-order valence-electron chi connectivity index (χ4n) is 1.51. The second-order valence-corrected chi connectivity index (χ2v) is 2.80. The maximum absolute atomic E-state index is 8.56. The van der Waals surface area contributed by atoms with Crippen LogP contribution in [0.25, 0.3) is 0 Å². The molecular weight excluding hydrogens is 160 g/mol. The molecule has 0 radical (unpaired) electrons. The molecule has 2 nitrogen and oxygen atoms in total. The molecule has 2 rings (SSSR count). The van der Waals surface area contributed by atoms with Gasteiger partial charge in [0.1, 0.15) is 11.8 Å². The molecule has 0 unspecified atom stereocenters. The third-order valence-electron chi connectivity index (χ3n) is 2.09. The van der Waals surface area contributed by atoms with Crippen molar-refractivity contribution in [3.63, 3.8) is 0 Å². The monoisotopic (exact) mass is 174 g/mol. The number of hydrogen-bond acceptors (Lipinski definition) is 2. The summed E-state index contributed by atoms with van der Waals surface area (Å²) >= 11 is 0. The average molecular weight is 174 g/mol. The molecule has 0 spiro atoms. The SMILES string of the molecule is CC.N#Cc1cc2c(cn1)CCC2. The Morgan fingerprint density at radius 2 is 2.00 bits per heavy atom. The van der Waals surface area contributed by atoms with Gasteiger partial charge < -0.3 is 0 Å². The summed E-state index contributed by atoms with van der Waals surface area (Å²) in [5, 5.41) is 8.56. The highest BCUT2D eigenvalue weighted by Crippen LogP contribution is 2.20. The molecule has 1 aliphatic carbocycles. The molecule has 0 bridgehead atoms. The van der Waals surface area contributed by atoms with E-state index in [-0.39, 0.29) is 0 Å². The molecule has 0 saturated carbocycles. The molecule has 1 aliphatic rings. The van der Waals surface area contributed by atoms with Gasteiger partial charge >= 0.3 is 0 Å². The van der Waals surface area contributed by atoms with Gasteiger partial charge in [-0.25, -0.2) is 4.98 Å². The van der Waals surface area contributed by atoms with Crippen molar-refractivity contribution >= 4 is 0 Å². The van der Waals surface area contributed by atoms with Crippen LogP contribution in [-0.4, -0.2) is 4.98 Å². The van der Waals surface area contributed by atoms with Gasteiger partial charge in [-0.1, -0.05) is 13.8 Å². The van der Waals surface area contributed by atoms with Crippen molar-refractivity contribution in [2.45, 2.75) is 33.1 Å². The first kappa shape index (κ1) is 9.73. The third kappa shape index (κ3) is 2.06. The number of hydrogen-bond donors (Lipinski definition) is 0. The fraction of sp³-hybridized carbons (Fsp3) is 0.455. The number of aryl methyl sites for hydroxylation is 2. The minimum absolute atomic E-state index is 0.547. The maximum Gasteiger partial charge on any atom is 0.140 e. The highest BCUT2D eigenvalue weighted by atomic mass is 14.7. The zero-order valence-corrected chi connectivity index (χ0v) is 8.17. The topological polar surface area (TPSA) is 36.7 Å². The van der Waals surface area contributed by atoms with Crippen molar-refractivity contribution in [2.24, 2.45) is 0 Å². The quantitative estimate of drug-likeness (QED) is 0.605. The molecule has 0 aromatic carbocycles. The van der Waals surface area contributed by atoms with Crippen molar-refractivity contribution in [1.82, 2.24) is 4.98 Å². The van der Waals surface area contributed by atoms with E-state index in [9.17, 15) is 0 Å². The molecule has 0 atom stereocenters. The van der Waals surface area contributed by atoms with Gasteiger partial charge in [0.2, 0.25) is 0 Å². The van der Waals surface area contributed by atoms with Gasteiger partial charge in [-0.15, -0.1) is 0 Å². The molecule has 1 aromatic heterocycles. The van der Waals surface area contributed by atoms with Gasteiger partial charge in [-0.05, 0) is 36.5 Å². The van der Waals surface area contributed by atoms with Crippen molar-refractivity contribution in [3.05, 3.63) is 29.1 Å². The van der Waals surface area contributed by atoms with Gasteiger partial charge in [-0.2, -0.15) is 5.26 Å². The van der Waals surface area contributed by atoms with Crippen LogP contribution in [0.3, 0.4) is 0 Å². The minimum atomic E-state index is 0.547. The van der Waals surface area contributed by atoms with Crippen LogP contribution in [0.4, 0.5) is 0 Å². The van der Waals surface area contributed by atoms with E-state index in [4.69, 9.17) is 5.26 Å². The Balaban J connectivity index is 0.000000396. The summed E-state index contributed by atoms with van der Waals surface area (Å²) in [5.74, 6) is 0. The van der Waals surface area contributed by atoms with Crippen molar-refractivity contribution in [3.8, 4) is 6.07 Å². The lowest BCUT2D eigenvalue weighted by Gasteiger charge is -1.95. The highest BCUT2D eigenvalue weighted by molar-refractivity contribution is 5.34. The van der Waals surface area contributed by atoms with E-state index < -0.39 is 0 Å². The summed E-state index contributed by atoms with van der Waals surface area (Å²) in [6.45, 7) is 4.00. The second kappa shape index (κ2) is 4.61. The normalized spacial score (nSPS) is 12.4. The number of fused-ring (bicyclic) bond motifs is 1. The molecule has 0 amide bonds. The smallest absolute Gasteiger partial charge is 0.140 e. The van der Waals surface area contributed by atoms with Crippen LogP contribution in [-0.2, 0) is 12.8 Å². The van der Waals surface area contributed by atoms with E-state index in [1.807, 2.05) is 32.2 Å². The van der Waals surface area contributed by atoms with Gasteiger partial charge in [0.25, 0.3) is 0 Å². The largest absolute Gasteiger partial charge is 0.245 e. The first-order valence-electron chi connectivity index (χ1n) is 4.78. The molecule has 1 heterocycles. The number of rotatable bonds is 0. The van der Waals surface area contributed by atoms with Gasteiger partial charge in [0.15, 0.2) is 0 Å². The fourth-order valence-corrected chi connectivity index (χ4v) is 1.51. The molecule has 0 fully saturated rings. The second-order valence-electron chi connectivity index (χ2n) is 2.80. The molecule has 0 aliphatic heterocycles. The summed E-state index contributed by atoms with van der Waals surface area (Å²) in [6.07, 6.45) is 5.30. The summed E-state index contributed by atoms with van der Waals surface area (Å²) in [6, 6.07) is 3.95. The Bertz CT molecular complexity index is 323. The first-order valence-corrected chi connectivity index (χ1v) is 4.78. The molecule has 1 aromatic rings. The number of nitrogens with zero attached hydrogens (tertiary/aromatic N) is 2. The summed E-state index contributed by atoms with van der Waals surface area (Å²) in [4.78, 5) is 4.01. The van der Waals surface area contributed by atoms with Gasteiger partial charge in [0.05, 0.1) is 0 Å². The summed E-state index contributed by atoms with van der Waals surface area (Å²) in [7, 11) is 0. The summed E-state index contributed by atoms with van der Waals surface area (Å²) in [5.41, 5.74) is 3.19. The van der Waals surface area contributed by atoms with E-state index >= 15 is 0 Å². The van der Waals surface area contributed by atoms with Crippen LogP contribution in [0.5, 0.6) is 0 Å². The number of aromatic nitrogens is 1. The zero-order valence-electron chi connectivity index (χ0n) is 8.17. The lowest BCUT2D eigenvalue weighted by Crippen LogP contribution is -1.87. The molecule has 13 heavy (non-hydrogen) atoms. The lowest BCUT2D eigenvalue weighted by atomic mass is 10.1. The Labute approximate surface area is 79.2 Å². The number of nitriles is 1. The van der Waals surface area contributed by atoms with Crippen LogP contribution in [0.2, 0.25) is 0 Å². The van der Waals surface area contributed by atoms with Gasteiger partial charge in [0, 0.05) is 6.20 Å². The Kier molecular flexibility index (Phi) is 3.45. The Hall–Kier alpha value is -1.36. The van der Waals surface area contributed by atoms with Crippen molar-refractivity contribution < 1.29 is 0 Å². The van der Waals surface area contributed by atoms with E-state index in [0.29, 0.717) is 5.69 Å². The van der Waals surface area contributed by atoms with Crippen LogP contribution in [0, 0.1) is 11.3 Å². The predicted octanol–water partition coefficient (Wildman–Crippen LogP) is 2.47. The van der Waals surface area contributed by atoms with Crippen molar-refractivity contribution in [2.75, 3.05) is 0 Å². The molecule has 68 valence electrons. The highest BCUT2D eigenvalue weighted by Gasteiger charge is 2.10. The van der Waals surface area contributed by atoms with Crippen LogP contribution in [0.1, 0.15) is 37.1 Å². The molecular formula is C11H14N2. The third-order valence-corrected chi connectivity index (χ3v) is 2.09. The standard InChI is InChI=1S/C9H8N2.C2H6/c10-5-9-4-7-2-1-3-8(7)6-11-9;1-2/h4,6H,1-3H2;1-2H3. The first-order chi connectivity index (χ1) is 6.40. The average Bonchev–Trinajstić information content (AvgIpc) is 2.67. The lowest BCUT2D eigenvalue weighted by molar-refractivity contribution is 0.911. The van der Waals surface area contributed by atoms with E-state index in [1.165, 1.54) is 17.5 Å². The number of pyridine rings is 1. The van der Waals surface area contributed by atoms with Crippen LogP contribution >= 0.6 is 0 Å². The van der Waals surface area contributed by atoms with Crippen molar-refractivity contribution in [1.29, 1.82) is 5.26 Å². The Morgan fingerprint density at radius 1 is 1.31 bits per heavy atom. The Morgan fingerprint density at radius 3 is 2.69 bits per heavy atom. The van der Waals surface area contributed by atoms with E-state index in [1.54, 1.807) is 0 Å². The van der Waals surface area contributed by atoms with E-state index in [0.717, 1.165) is 12.8 Å².